The van der Waals surface area contributed by atoms with Crippen LogP contribution in [0.3, 0.4) is 0 Å². The molecule has 0 fully saturated rings. The number of rotatable bonds is 2. The topological polar surface area (TPSA) is 112 Å². The van der Waals surface area contributed by atoms with Gasteiger partial charge in [0.05, 0.1) is 6.20 Å². The lowest BCUT2D eigenvalue weighted by Gasteiger charge is -1.90. The second-order valence-electron chi connectivity index (χ2n) is 2.47. The van der Waals surface area contributed by atoms with E-state index in [9.17, 15) is 9.90 Å². The largest absolute Gasteiger partial charge is 0.504 e. The zero-order valence-electron chi connectivity index (χ0n) is 6.76. The number of oxazole rings is 1. The Hall–Kier alpha value is -2.31. The summed E-state index contributed by atoms with van der Waals surface area (Å²) in [4.78, 5) is 14.1. The molecule has 2 heterocycles. The number of hydrogen-bond acceptors (Lipinski definition) is 5. The van der Waals surface area contributed by atoms with E-state index in [0.717, 1.165) is 6.39 Å². The van der Waals surface area contributed by atoms with Gasteiger partial charge in [-0.15, -0.1) is 0 Å². The van der Waals surface area contributed by atoms with E-state index < -0.39 is 11.7 Å². The van der Waals surface area contributed by atoms with Crippen LogP contribution >= 0.6 is 0 Å². The Bertz CT molecular complexity index is 459. The highest BCUT2D eigenvalue weighted by Crippen LogP contribution is 2.29. The first-order valence-corrected chi connectivity index (χ1v) is 3.59. The van der Waals surface area contributed by atoms with Crippen LogP contribution in [0.25, 0.3) is 11.5 Å². The third-order valence-electron chi connectivity index (χ3n) is 1.62. The predicted octanol–water partition coefficient (Wildman–Crippen LogP) is 0.468. The molecule has 0 amide bonds. The van der Waals surface area contributed by atoms with Crippen LogP contribution in [0.1, 0.15) is 10.5 Å². The minimum absolute atomic E-state index is 0.0277. The van der Waals surface area contributed by atoms with Gasteiger partial charge < -0.3 is 14.6 Å². The summed E-state index contributed by atoms with van der Waals surface area (Å²) in [7, 11) is 0. The molecule has 0 unspecified atom stereocenters. The number of carboxylic acid groups (broad SMARTS) is 1. The highest BCUT2D eigenvalue weighted by Gasteiger charge is 2.20. The molecule has 0 radical (unpaired) electrons. The lowest BCUT2D eigenvalue weighted by atomic mass is 10.3. The fraction of sp³-hybridized carbons (Fsp3) is 0. The Morgan fingerprint density at radius 3 is 2.86 bits per heavy atom. The molecular weight excluding hydrogens is 190 g/mol. The van der Waals surface area contributed by atoms with Gasteiger partial charge in [-0.3, -0.25) is 5.10 Å². The summed E-state index contributed by atoms with van der Waals surface area (Å²) in [6.45, 7) is 0. The predicted molar refractivity (Wildman–Crippen MR) is 42.7 cm³/mol. The number of carbonyl (C=O) groups is 1. The van der Waals surface area contributed by atoms with Gasteiger partial charge in [-0.1, -0.05) is 0 Å². The molecule has 0 aliphatic heterocycles. The lowest BCUT2D eigenvalue weighted by Crippen LogP contribution is -1.96. The number of hydrogen-bond donors (Lipinski definition) is 3. The van der Waals surface area contributed by atoms with Crippen molar-refractivity contribution in [2.45, 2.75) is 0 Å². The molecule has 2 aromatic heterocycles. The highest BCUT2D eigenvalue weighted by atomic mass is 16.4. The SMILES string of the molecule is O=C(O)c1[nH]nc(-c2cnco2)c1O. The average molecular weight is 195 g/mol. The molecule has 2 rings (SSSR count). The van der Waals surface area contributed by atoms with Gasteiger partial charge in [-0.05, 0) is 0 Å². The molecule has 0 aliphatic rings. The molecule has 0 saturated carbocycles. The van der Waals surface area contributed by atoms with Crippen molar-refractivity contribution < 1.29 is 19.4 Å². The Labute approximate surface area is 77.0 Å². The maximum absolute atomic E-state index is 10.5. The van der Waals surface area contributed by atoms with Crippen molar-refractivity contribution in [2.75, 3.05) is 0 Å². The van der Waals surface area contributed by atoms with Crippen LogP contribution in [-0.2, 0) is 0 Å². The third-order valence-corrected chi connectivity index (χ3v) is 1.62. The molecule has 2 aromatic rings. The number of aromatic nitrogens is 3. The molecule has 0 atom stereocenters. The maximum Gasteiger partial charge on any atom is 0.357 e. The highest BCUT2D eigenvalue weighted by molar-refractivity contribution is 5.90. The summed E-state index contributed by atoms with van der Waals surface area (Å²) < 4.78 is 4.85. The van der Waals surface area contributed by atoms with Crippen LogP contribution in [0.15, 0.2) is 17.0 Å². The normalized spacial score (nSPS) is 10.3. The fourth-order valence-corrected chi connectivity index (χ4v) is 0.990. The monoisotopic (exact) mass is 195 g/mol. The molecular formula is C7H5N3O4. The smallest absolute Gasteiger partial charge is 0.357 e. The number of carboxylic acids is 1. The standard InChI is InChI=1S/C7H5N3O4/c11-6-4(3-1-8-2-14-3)9-10-5(6)7(12)13/h1-2,11H,(H,9,10)(H,12,13). The third kappa shape index (κ3) is 1.11. The number of aromatic amines is 1. The molecule has 0 spiro atoms. The van der Waals surface area contributed by atoms with Crippen LogP contribution in [0.5, 0.6) is 5.75 Å². The summed E-state index contributed by atoms with van der Waals surface area (Å²) in [5.74, 6) is -1.55. The van der Waals surface area contributed by atoms with Gasteiger partial charge in [-0.25, -0.2) is 9.78 Å². The zero-order chi connectivity index (χ0) is 10.1. The number of nitrogens with one attached hydrogen (secondary N) is 1. The summed E-state index contributed by atoms with van der Waals surface area (Å²) in [5.41, 5.74) is -0.351. The minimum atomic E-state index is -1.29. The van der Waals surface area contributed by atoms with E-state index >= 15 is 0 Å². The Morgan fingerprint density at radius 2 is 2.36 bits per heavy atom. The second-order valence-corrected chi connectivity index (χ2v) is 2.47. The van der Waals surface area contributed by atoms with E-state index in [-0.39, 0.29) is 17.1 Å². The Morgan fingerprint density at radius 1 is 1.57 bits per heavy atom. The van der Waals surface area contributed by atoms with E-state index in [0.29, 0.717) is 0 Å². The van der Waals surface area contributed by atoms with Crippen molar-refractivity contribution in [3.05, 3.63) is 18.3 Å². The van der Waals surface area contributed by atoms with Crippen molar-refractivity contribution in [3.8, 4) is 17.2 Å². The molecule has 3 N–H and O–H groups in total. The summed E-state index contributed by atoms with van der Waals surface area (Å²) in [6.07, 6.45) is 2.48. The van der Waals surface area contributed by atoms with Gasteiger partial charge in [-0.2, -0.15) is 5.10 Å². The molecule has 7 nitrogen and oxygen atoms in total. The number of aromatic hydroxyl groups is 1. The summed E-state index contributed by atoms with van der Waals surface area (Å²) in [6, 6.07) is 0. The first-order valence-electron chi connectivity index (χ1n) is 3.59. The fourth-order valence-electron chi connectivity index (χ4n) is 0.990. The molecule has 14 heavy (non-hydrogen) atoms. The van der Waals surface area contributed by atoms with Crippen molar-refractivity contribution in [2.24, 2.45) is 0 Å². The number of H-pyrrole nitrogens is 1. The van der Waals surface area contributed by atoms with Crippen molar-refractivity contribution >= 4 is 5.97 Å². The van der Waals surface area contributed by atoms with Crippen LogP contribution < -0.4 is 0 Å². The molecule has 0 aromatic carbocycles. The van der Waals surface area contributed by atoms with E-state index in [1.165, 1.54) is 6.20 Å². The Balaban J connectivity index is 2.52. The van der Waals surface area contributed by atoms with Gasteiger partial charge in [0.2, 0.25) is 0 Å². The van der Waals surface area contributed by atoms with Crippen molar-refractivity contribution in [3.63, 3.8) is 0 Å². The van der Waals surface area contributed by atoms with Gasteiger partial charge in [0.25, 0.3) is 0 Å². The van der Waals surface area contributed by atoms with E-state index in [1.807, 2.05) is 0 Å². The van der Waals surface area contributed by atoms with E-state index in [4.69, 9.17) is 9.52 Å². The van der Waals surface area contributed by atoms with Gasteiger partial charge in [0.1, 0.15) is 0 Å². The van der Waals surface area contributed by atoms with Crippen LogP contribution in [0, 0.1) is 0 Å². The average Bonchev–Trinajstić information content (AvgIpc) is 2.71. The second kappa shape index (κ2) is 2.87. The summed E-state index contributed by atoms with van der Waals surface area (Å²) in [5, 5.41) is 23.8. The molecule has 0 aliphatic carbocycles. The zero-order valence-corrected chi connectivity index (χ0v) is 6.76. The van der Waals surface area contributed by atoms with Crippen LogP contribution in [0.4, 0.5) is 0 Å². The van der Waals surface area contributed by atoms with Crippen LogP contribution in [-0.4, -0.2) is 31.4 Å². The maximum atomic E-state index is 10.5. The Kier molecular flexibility index (Phi) is 1.70. The first-order chi connectivity index (χ1) is 6.70. The van der Waals surface area contributed by atoms with Gasteiger partial charge in [0, 0.05) is 0 Å². The first kappa shape index (κ1) is 8.30. The van der Waals surface area contributed by atoms with Gasteiger partial charge in [0.15, 0.2) is 29.3 Å². The minimum Gasteiger partial charge on any atom is -0.504 e. The molecule has 0 bridgehead atoms. The lowest BCUT2D eigenvalue weighted by molar-refractivity contribution is 0.0687. The number of nitrogens with zero attached hydrogens (tertiary/aromatic N) is 2. The van der Waals surface area contributed by atoms with E-state index in [1.54, 1.807) is 0 Å². The number of aromatic carboxylic acids is 1. The summed E-state index contributed by atoms with van der Waals surface area (Å²) >= 11 is 0. The van der Waals surface area contributed by atoms with E-state index in [2.05, 4.69) is 15.2 Å². The molecule has 7 heteroatoms. The van der Waals surface area contributed by atoms with Gasteiger partial charge >= 0.3 is 5.97 Å². The van der Waals surface area contributed by atoms with Crippen LogP contribution in [0.2, 0.25) is 0 Å². The molecule has 0 saturated heterocycles. The van der Waals surface area contributed by atoms with Crippen molar-refractivity contribution in [1.82, 2.24) is 15.2 Å². The quantitative estimate of drug-likeness (QED) is 0.641. The molecule has 72 valence electrons. The van der Waals surface area contributed by atoms with Crippen molar-refractivity contribution in [1.29, 1.82) is 0 Å².